The lowest BCUT2D eigenvalue weighted by Crippen LogP contribution is -2.32. The molecule has 7 heteroatoms. The molecule has 3 aromatic rings. The van der Waals surface area contributed by atoms with Crippen LogP contribution in [0.4, 0.5) is 5.69 Å². The molecule has 0 aliphatic carbocycles. The molecule has 2 amide bonds. The van der Waals surface area contributed by atoms with Crippen molar-refractivity contribution in [3.05, 3.63) is 94.6 Å². The summed E-state index contributed by atoms with van der Waals surface area (Å²) in [4.78, 5) is 28.0. The van der Waals surface area contributed by atoms with E-state index in [9.17, 15) is 9.59 Å². The van der Waals surface area contributed by atoms with Gasteiger partial charge in [-0.15, -0.1) is 0 Å². The van der Waals surface area contributed by atoms with Gasteiger partial charge in [-0.1, -0.05) is 41.9 Å². The molecule has 0 atom stereocenters. The number of methoxy groups -OCH3 is 2. The lowest BCUT2D eigenvalue weighted by molar-refractivity contribution is -0.137. The number of ether oxygens (including phenoxy) is 2. The average Bonchev–Trinajstić information content (AvgIpc) is 3.04. The number of amides is 2. The molecule has 162 valence electrons. The number of anilines is 1. The summed E-state index contributed by atoms with van der Waals surface area (Å²) in [5.41, 5.74) is 2.57. The molecule has 1 heterocycles. The number of rotatable bonds is 7. The standard InChI is InChI=1S/C25H21ClN2O4/c1-31-20-12-8-17(9-13-20)22-23(27-19-4-3-5-21(14-19)32-2)25(30)28(24(22)29)15-16-6-10-18(26)11-7-16/h3-14,27H,15H2,1-2H3. The maximum absolute atomic E-state index is 13.4. The third-order valence-electron chi connectivity index (χ3n) is 5.14. The zero-order valence-corrected chi connectivity index (χ0v) is 18.3. The second-order valence-electron chi connectivity index (χ2n) is 7.16. The van der Waals surface area contributed by atoms with E-state index in [4.69, 9.17) is 21.1 Å². The van der Waals surface area contributed by atoms with E-state index in [0.717, 1.165) is 5.56 Å². The van der Waals surface area contributed by atoms with E-state index >= 15 is 0 Å². The molecule has 0 saturated carbocycles. The maximum atomic E-state index is 13.4. The van der Waals surface area contributed by atoms with Gasteiger partial charge in [0, 0.05) is 16.8 Å². The van der Waals surface area contributed by atoms with Gasteiger partial charge in [0.25, 0.3) is 11.8 Å². The van der Waals surface area contributed by atoms with Crippen LogP contribution in [0.2, 0.25) is 5.02 Å². The molecule has 0 unspecified atom stereocenters. The van der Waals surface area contributed by atoms with Gasteiger partial charge in [-0.25, -0.2) is 0 Å². The molecule has 3 aromatic carbocycles. The van der Waals surface area contributed by atoms with Crippen LogP contribution in [0.15, 0.2) is 78.5 Å². The Morgan fingerprint density at radius 3 is 2.19 bits per heavy atom. The summed E-state index contributed by atoms with van der Waals surface area (Å²) in [6.45, 7) is 0.137. The number of hydrogen-bond donors (Lipinski definition) is 1. The monoisotopic (exact) mass is 448 g/mol. The number of nitrogens with zero attached hydrogens (tertiary/aromatic N) is 1. The lowest BCUT2D eigenvalue weighted by atomic mass is 10.0. The second kappa shape index (κ2) is 9.16. The van der Waals surface area contributed by atoms with Crippen LogP contribution in [0.25, 0.3) is 5.57 Å². The van der Waals surface area contributed by atoms with Crippen LogP contribution in [0.1, 0.15) is 11.1 Å². The number of nitrogens with one attached hydrogen (secondary N) is 1. The molecule has 1 N–H and O–H groups in total. The van der Waals surface area contributed by atoms with E-state index in [1.165, 1.54) is 4.90 Å². The van der Waals surface area contributed by atoms with Crippen molar-refractivity contribution in [3.8, 4) is 11.5 Å². The fraction of sp³-hybridized carbons (Fsp3) is 0.120. The van der Waals surface area contributed by atoms with E-state index in [-0.39, 0.29) is 18.1 Å². The van der Waals surface area contributed by atoms with Gasteiger partial charge in [-0.2, -0.15) is 0 Å². The fourth-order valence-corrected chi connectivity index (χ4v) is 3.60. The summed E-state index contributed by atoms with van der Waals surface area (Å²) in [6.07, 6.45) is 0. The Labute approximate surface area is 191 Å². The zero-order chi connectivity index (χ0) is 22.7. The smallest absolute Gasteiger partial charge is 0.278 e. The SMILES string of the molecule is COc1ccc(C2=C(Nc3cccc(OC)c3)C(=O)N(Cc3ccc(Cl)cc3)C2=O)cc1. The van der Waals surface area contributed by atoms with E-state index < -0.39 is 5.91 Å². The molecule has 0 bridgehead atoms. The molecule has 1 aliphatic rings. The Balaban J connectivity index is 1.73. The number of halogens is 1. The van der Waals surface area contributed by atoms with Crippen molar-refractivity contribution in [2.45, 2.75) is 6.54 Å². The molecule has 32 heavy (non-hydrogen) atoms. The van der Waals surface area contributed by atoms with Crippen LogP contribution >= 0.6 is 11.6 Å². The fourth-order valence-electron chi connectivity index (χ4n) is 3.48. The van der Waals surface area contributed by atoms with Gasteiger partial charge in [-0.3, -0.25) is 14.5 Å². The van der Waals surface area contributed by atoms with Crippen molar-refractivity contribution in [1.82, 2.24) is 4.90 Å². The summed E-state index contributed by atoms with van der Waals surface area (Å²) in [5, 5.41) is 3.72. The minimum Gasteiger partial charge on any atom is -0.497 e. The molecule has 0 fully saturated rings. The molecule has 0 aromatic heterocycles. The Morgan fingerprint density at radius 2 is 1.53 bits per heavy atom. The van der Waals surface area contributed by atoms with Gasteiger partial charge < -0.3 is 14.8 Å². The molecule has 0 radical (unpaired) electrons. The van der Waals surface area contributed by atoms with Crippen LogP contribution in [-0.2, 0) is 16.1 Å². The Kier molecular flexibility index (Phi) is 6.14. The zero-order valence-electron chi connectivity index (χ0n) is 17.6. The van der Waals surface area contributed by atoms with E-state index in [2.05, 4.69) is 5.32 Å². The number of benzene rings is 3. The predicted molar refractivity (Wildman–Crippen MR) is 124 cm³/mol. The molecule has 6 nitrogen and oxygen atoms in total. The van der Waals surface area contributed by atoms with Crippen LogP contribution in [0, 0.1) is 0 Å². The molecule has 0 spiro atoms. The number of hydrogen-bond acceptors (Lipinski definition) is 5. The third kappa shape index (κ3) is 4.31. The largest absolute Gasteiger partial charge is 0.497 e. The summed E-state index contributed by atoms with van der Waals surface area (Å²) in [7, 11) is 3.14. The van der Waals surface area contributed by atoms with Crippen molar-refractivity contribution in [2.24, 2.45) is 0 Å². The summed E-state index contributed by atoms with van der Waals surface area (Å²) < 4.78 is 10.5. The first-order valence-corrected chi connectivity index (χ1v) is 10.3. The summed E-state index contributed by atoms with van der Waals surface area (Å²) >= 11 is 5.97. The number of carbonyl (C=O) groups is 2. The normalized spacial score (nSPS) is 13.5. The number of imide groups is 1. The van der Waals surface area contributed by atoms with Gasteiger partial charge in [-0.05, 0) is 47.5 Å². The van der Waals surface area contributed by atoms with Gasteiger partial charge in [0.1, 0.15) is 17.2 Å². The summed E-state index contributed by atoms with van der Waals surface area (Å²) in [5.74, 6) is 0.516. The topological polar surface area (TPSA) is 67.9 Å². The average molecular weight is 449 g/mol. The molecular formula is C25H21ClN2O4. The van der Waals surface area contributed by atoms with Crippen molar-refractivity contribution in [1.29, 1.82) is 0 Å². The van der Waals surface area contributed by atoms with Crippen molar-refractivity contribution in [2.75, 3.05) is 19.5 Å². The highest BCUT2D eigenvalue weighted by Crippen LogP contribution is 2.33. The third-order valence-corrected chi connectivity index (χ3v) is 5.39. The van der Waals surface area contributed by atoms with Crippen LogP contribution in [0.3, 0.4) is 0 Å². The Bertz CT molecular complexity index is 1190. The lowest BCUT2D eigenvalue weighted by Gasteiger charge is -2.15. The first kappa shape index (κ1) is 21.5. The van der Waals surface area contributed by atoms with Gasteiger partial charge >= 0.3 is 0 Å². The van der Waals surface area contributed by atoms with Crippen molar-refractivity contribution < 1.29 is 19.1 Å². The molecule has 1 aliphatic heterocycles. The van der Waals surface area contributed by atoms with E-state index in [0.29, 0.717) is 33.3 Å². The van der Waals surface area contributed by atoms with E-state index in [1.807, 2.05) is 6.07 Å². The van der Waals surface area contributed by atoms with Gasteiger partial charge in [0.15, 0.2) is 0 Å². The maximum Gasteiger partial charge on any atom is 0.278 e. The predicted octanol–water partition coefficient (Wildman–Crippen LogP) is 4.75. The van der Waals surface area contributed by atoms with E-state index in [1.54, 1.807) is 80.9 Å². The first-order valence-electron chi connectivity index (χ1n) is 9.90. The van der Waals surface area contributed by atoms with Crippen LogP contribution in [0.5, 0.6) is 11.5 Å². The highest BCUT2D eigenvalue weighted by molar-refractivity contribution is 6.36. The quantitative estimate of drug-likeness (QED) is 0.528. The number of carbonyl (C=O) groups excluding carboxylic acids is 2. The highest BCUT2D eigenvalue weighted by atomic mass is 35.5. The summed E-state index contributed by atoms with van der Waals surface area (Å²) in [6, 6.07) is 21.3. The molecular weight excluding hydrogens is 428 g/mol. The minimum absolute atomic E-state index is 0.137. The Hall–Kier alpha value is -3.77. The van der Waals surface area contributed by atoms with Crippen molar-refractivity contribution >= 4 is 34.7 Å². The van der Waals surface area contributed by atoms with Gasteiger partial charge in [0.05, 0.1) is 26.3 Å². The van der Waals surface area contributed by atoms with Crippen LogP contribution in [-0.4, -0.2) is 30.9 Å². The Morgan fingerprint density at radius 1 is 0.844 bits per heavy atom. The van der Waals surface area contributed by atoms with Gasteiger partial charge in [0.2, 0.25) is 0 Å². The molecule has 0 saturated heterocycles. The highest BCUT2D eigenvalue weighted by Gasteiger charge is 2.39. The minimum atomic E-state index is -0.404. The molecule has 4 rings (SSSR count). The van der Waals surface area contributed by atoms with Crippen molar-refractivity contribution in [3.63, 3.8) is 0 Å². The second-order valence-corrected chi connectivity index (χ2v) is 7.59. The first-order chi connectivity index (χ1) is 15.5. The van der Waals surface area contributed by atoms with Crippen LogP contribution < -0.4 is 14.8 Å².